The summed E-state index contributed by atoms with van der Waals surface area (Å²) >= 11 is 2.02. The summed E-state index contributed by atoms with van der Waals surface area (Å²) in [6.07, 6.45) is 2.19. The van der Waals surface area contributed by atoms with Crippen molar-refractivity contribution in [1.29, 1.82) is 0 Å². The van der Waals surface area contributed by atoms with Crippen LogP contribution in [0.3, 0.4) is 0 Å². The topological polar surface area (TPSA) is 75.6 Å². The molecule has 8 heteroatoms. The first kappa shape index (κ1) is 33.3. The fourth-order valence-corrected chi connectivity index (χ4v) is 1.52. The monoisotopic (exact) mass is 509 g/mol. The van der Waals surface area contributed by atoms with Crippen LogP contribution in [-0.2, 0) is 4.43 Å². The first-order chi connectivity index (χ1) is 15.1. The van der Waals surface area contributed by atoms with Gasteiger partial charge in [-0.15, -0.1) is 0 Å². The third kappa shape index (κ3) is 23.1. The molecule has 0 aliphatic heterocycles. The average Bonchev–Trinajstić information content (AvgIpc) is 2.75. The first-order valence-corrected chi connectivity index (χ1v) is 19.7. The van der Waals surface area contributed by atoms with Crippen molar-refractivity contribution in [3.8, 4) is 0 Å². The number of carboxylic acid groups (broad SMARTS) is 1. The van der Waals surface area contributed by atoms with Crippen molar-refractivity contribution in [2.75, 3.05) is 13.4 Å². The van der Waals surface area contributed by atoms with Gasteiger partial charge in [-0.3, -0.25) is 4.79 Å². The van der Waals surface area contributed by atoms with E-state index in [4.69, 9.17) is 9.53 Å². The van der Waals surface area contributed by atoms with E-state index in [1.54, 1.807) is 49.6 Å². The van der Waals surface area contributed by atoms with Gasteiger partial charge in [-0.1, -0.05) is 56.0 Å². The molecular formula is C25H43NO4SSi2. The van der Waals surface area contributed by atoms with Crippen LogP contribution < -0.4 is 5.32 Å². The Balaban J connectivity index is 0. The van der Waals surface area contributed by atoms with Crippen molar-refractivity contribution in [2.24, 2.45) is 0 Å². The molecule has 2 aromatic rings. The zero-order valence-electron chi connectivity index (χ0n) is 21.9. The third-order valence-corrected chi connectivity index (χ3v) is 9.82. The van der Waals surface area contributed by atoms with Gasteiger partial charge in [-0.2, -0.15) is 11.2 Å². The molecular weight excluding hydrogens is 467 g/mol. The van der Waals surface area contributed by atoms with Gasteiger partial charge in [0.25, 0.3) is 5.91 Å². The van der Waals surface area contributed by atoms with Gasteiger partial charge in [0.15, 0.2) is 8.32 Å². The largest absolute Gasteiger partial charge is 0.478 e. The summed E-state index contributed by atoms with van der Waals surface area (Å²) in [6.45, 7) is 17.4. The Morgan fingerprint density at radius 3 is 1.39 bits per heavy atom. The fraction of sp³-hybridized carbons (Fsp3) is 0.440. The highest BCUT2D eigenvalue weighted by Gasteiger charge is 2.09. The van der Waals surface area contributed by atoms with Crippen molar-refractivity contribution in [3.05, 3.63) is 71.8 Å². The lowest BCUT2D eigenvalue weighted by Gasteiger charge is -2.10. The van der Waals surface area contributed by atoms with Gasteiger partial charge in [0.1, 0.15) is 7.22 Å². The molecule has 0 heterocycles. The molecule has 0 saturated carbocycles. The minimum atomic E-state index is -1.13. The summed E-state index contributed by atoms with van der Waals surface area (Å²) in [6, 6.07) is 17.7. The van der Waals surface area contributed by atoms with Crippen LogP contribution in [0.2, 0.25) is 39.3 Å². The second-order valence-corrected chi connectivity index (χ2v) is 23.5. The summed E-state index contributed by atoms with van der Waals surface area (Å²) in [5.74, 6) is -0.888. The predicted octanol–water partition coefficient (Wildman–Crippen LogP) is 6.86. The maximum Gasteiger partial charge on any atom is 0.335 e. The average molecular weight is 510 g/mol. The van der Waals surface area contributed by atoms with Crippen LogP contribution in [0.15, 0.2) is 60.7 Å². The fourth-order valence-electron chi connectivity index (χ4n) is 1.52. The van der Waals surface area contributed by atoms with Gasteiger partial charge in [-0.25, -0.2) is 4.79 Å². The van der Waals surface area contributed by atoms with Crippen LogP contribution in [0.25, 0.3) is 0 Å². The SMILES string of the molecule is CC(C)NC(=O)c1ccccc1.CO[Si](C)(C)C.CS[Si](C)(C)C.O=C(O)c1ccccc1. The normalized spacial score (nSPS) is 10.4. The highest BCUT2D eigenvalue weighted by Crippen LogP contribution is 2.13. The number of rotatable bonds is 5. The lowest BCUT2D eigenvalue weighted by atomic mass is 10.2. The molecule has 2 aromatic carbocycles. The summed E-state index contributed by atoms with van der Waals surface area (Å²) in [7, 11) is -0.0756. The zero-order chi connectivity index (χ0) is 26.1. The highest BCUT2D eigenvalue weighted by atomic mass is 32.4. The summed E-state index contributed by atoms with van der Waals surface area (Å²) in [5, 5.41) is 11.2. The smallest absolute Gasteiger partial charge is 0.335 e. The van der Waals surface area contributed by atoms with Crippen LogP contribution in [0, 0.1) is 0 Å². The highest BCUT2D eigenvalue weighted by molar-refractivity contribution is 8.28. The second kappa shape index (κ2) is 17.6. The quantitative estimate of drug-likeness (QED) is 0.431. The third-order valence-electron chi connectivity index (χ3n) is 3.70. The van der Waals surface area contributed by atoms with Gasteiger partial charge >= 0.3 is 5.97 Å². The van der Waals surface area contributed by atoms with Gasteiger partial charge < -0.3 is 14.8 Å². The Morgan fingerprint density at radius 1 is 0.848 bits per heavy atom. The number of nitrogens with one attached hydrogen (secondary N) is 1. The molecule has 1 amide bonds. The number of aromatic carboxylic acids is 1. The van der Waals surface area contributed by atoms with E-state index in [1.165, 1.54) is 0 Å². The van der Waals surface area contributed by atoms with Crippen molar-refractivity contribution < 1.29 is 19.1 Å². The van der Waals surface area contributed by atoms with Gasteiger partial charge in [0, 0.05) is 18.7 Å². The van der Waals surface area contributed by atoms with Crippen molar-refractivity contribution in [2.45, 2.75) is 59.2 Å². The van der Waals surface area contributed by atoms with E-state index in [0.29, 0.717) is 11.1 Å². The summed E-state index contributed by atoms with van der Waals surface area (Å²) in [4.78, 5) is 21.5. The zero-order valence-corrected chi connectivity index (χ0v) is 24.7. The minimum absolute atomic E-state index is 0.00870. The number of carboxylic acids is 1. The molecule has 2 N–H and O–H groups in total. The number of carbonyl (C=O) groups is 2. The standard InChI is InChI=1S/C10H13NO.C7H6O2.C4H12OSi.C4H12SSi/c1-8(2)11-10(12)9-6-4-3-5-7-9;8-7(9)6-4-2-1-3-5-6;2*1-5-6(2,3)4/h3-8H,1-2H3,(H,11,12);1-5H,(H,8,9);2*1-4H3. The lowest BCUT2D eigenvalue weighted by molar-refractivity contribution is 0.0696. The van der Waals surface area contributed by atoms with Gasteiger partial charge in [0.05, 0.1) is 5.56 Å². The number of hydrogen-bond donors (Lipinski definition) is 2. The molecule has 5 nitrogen and oxygen atoms in total. The Kier molecular flexibility index (Phi) is 17.7. The molecule has 0 aliphatic rings. The minimum Gasteiger partial charge on any atom is -0.478 e. The van der Waals surface area contributed by atoms with Crippen molar-refractivity contribution in [3.63, 3.8) is 0 Å². The molecule has 33 heavy (non-hydrogen) atoms. The number of amides is 1. The molecule has 0 unspecified atom stereocenters. The molecule has 0 spiro atoms. The summed E-state index contributed by atoms with van der Waals surface area (Å²) in [5.41, 5.74) is 1.05. The van der Waals surface area contributed by atoms with E-state index in [2.05, 4.69) is 50.9 Å². The Hall–Kier alpha value is -1.88. The predicted molar refractivity (Wildman–Crippen MR) is 150 cm³/mol. The summed E-state index contributed by atoms with van der Waals surface area (Å²) < 4.78 is 5.08. The maximum absolute atomic E-state index is 11.3. The van der Waals surface area contributed by atoms with Crippen LogP contribution in [0.1, 0.15) is 34.6 Å². The molecule has 0 fully saturated rings. The van der Waals surface area contributed by atoms with E-state index in [9.17, 15) is 9.59 Å². The molecule has 2 rings (SSSR count). The Labute approximate surface area is 207 Å². The second-order valence-electron chi connectivity index (χ2n) is 9.30. The molecule has 186 valence electrons. The molecule has 0 aromatic heterocycles. The lowest BCUT2D eigenvalue weighted by Crippen LogP contribution is -2.29. The van der Waals surface area contributed by atoms with Crippen LogP contribution in [0.4, 0.5) is 0 Å². The number of hydrogen-bond acceptors (Lipinski definition) is 4. The van der Waals surface area contributed by atoms with Crippen LogP contribution in [-0.4, -0.2) is 51.9 Å². The van der Waals surface area contributed by atoms with Gasteiger partial charge in [-0.05, 0) is 64.0 Å². The molecule has 0 radical (unpaired) electrons. The molecule has 0 atom stereocenters. The first-order valence-electron chi connectivity index (χ1n) is 10.9. The van der Waals surface area contributed by atoms with E-state index in [1.807, 2.05) is 43.3 Å². The van der Waals surface area contributed by atoms with E-state index >= 15 is 0 Å². The van der Waals surface area contributed by atoms with Crippen molar-refractivity contribution in [1.82, 2.24) is 5.32 Å². The molecule has 0 aliphatic carbocycles. The van der Waals surface area contributed by atoms with Crippen LogP contribution in [0.5, 0.6) is 0 Å². The Morgan fingerprint density at radius 2 is 1.18 bits per heavy atom. The van der Waals surface area contributed by atoms with Crippen molar-refractivity contribution >= 4 is 38.6 Å². The van der Waals surface area contributed by atoms with E-state index in [-0.39, 0.29) is 11.9 Å². The maximum atomic E-state index is 11.3. The molecule has 0 bridgehead atoms. The van der Waals surface area contributed by atoms with E-state index < -0.39 is 21.5 Å². The van der Waals surface area contributed by atoms with Gasteiger partial charge in [0.2, 0.25) is 0 Å². The van der Waals surface area contributed by atoms with Crippen LogP contribution >= 0.6 is 11.2 Å². The van der Waals surface area contributed by atoms with E-state index in [0.717, 1.165) is 0 Å². The molecule has 0 saturated heterocycles. The number of carbonyl (C=O) groups excluding carboxylic acids is 1. The number of benzene rings is 2. The Bertz CT molecular complexity index is 760.